The summed E-state index contributed by atoms with van der Waals surface area (Å²) < 4.78 is 7.19. The average molecular weight is 259 g/mol. The Kier molecular flexibility index (Phi) is 2.49. The molecular formula is C7H7BrN4O2. The van der Waals surface area contributed by atoms with Gasteiger partial charge in [0.05, 0.1) is 6.54 Å². The molecule has 0 unspecified atom stereocenters. The van der Waals surface area contributed by atoms with Crippen LogP contribution in [0.2, 0.25) is 0 Å². The van der Waals surface area contributed by atoms with E-state index in [1.807, 2.05) is 6.07 Å². The summed E-state index contributed by atoms with van der Waals surface area (Å²) in [6.07, 6.45) is 0.609. The molecule has 0 bridgehead atoms. The zero-order valence-electron chi connectivity index (χ0n) is 7.11. The van der Waals surface area contributed by atoms with E-state index in [0.717, 1.165) is 5.76 Å². The van der Waals surface area contributed by atoms with Gasteiger partial charge in [0.2, 0.25) is 0 Å². The summed E-state index contributed by atoms with van der Waals surface area (Å²) in [5, 5.41) is 9.17. The fourth-order valence-corrected chi connectivity index (χ4v) is 1.41. The van der Waals surface area contributed by atoms with E-state index in [1.165, 1.54) is 4.68 Å². The highest BCUT2D eigenvalue weighted by atomic mass is 79.9. The lowest BCUT2D eigenvalue weighted by molar-refractivity contribution is 0.458. The number of hydrogen-bond acceptors (Lipinski definition) is 4. The van der Waals surface area contributed by atoms with Crippen LogP contribution in [0.3, 0.4) is 0 Å². The Bertz CT molecular complexity index is 472. The van der Waals surface area contributed by atoms with Crippen molar-refractivity contribution >= 4 is 15.9 Å². The summed E-state index contributed by atoms with van der Waals surface area (Å²) in [5.74, 6) is 0.798. The van der Waals surface area contributed by atoms with E-state index in [4.69, 9.17) is 4.42 Å². The summed E-state index contributed by atoms with van der Waals surface area (Å²) in [6.45, 7) is 0.454. The molecule has 0 amide bonds. The van der Waals surface area contributed by atoms with Crippen molar-refractivity contribution in [2.24, 2.45) is 0 Å². The SMILES string of the molecule is O=c1[nH]nnn1CCc1ccc(Br)o1. The lowest BCUT2D eigenvalue weighted by Gasteiger charge is -1.94. The van der Waals surface area contributed by atoms with Crippen LogP contribution in [0.25, 0.3) is 0 Å². The molecule has 0 atom stereocenters. The van der Waals surface area contributed by atoms with Gasteiger partial charge in [-0.05, 0) is 38.5 Å². The smallest absolute Gasteiger partial charge is 0.361 e. The number of halogens is 1. The number of aromatic nitrogens is 4. The van der Waals surface area contributed by atoms with E-state index >= 15 is 0 Å². The second-order valence-electron chi connectivity index (χ2n) is 2.69. The summed E-state index contributed by atoms with van der Waals surface area (Å²) >= 11 is 3.20. The minimum atomic E-state index is -0.310. The molecule has 0 saturated heterocycles. The first kappa shape index (κ1) is 9.20. The molecule has 0 spiro atoms. The predicted octanol–water partition coefficient (Wildman–Crippen LogP) is 0.565. The van der Waals surface area contributed by atoms with E-state index in [1.54, 1.807) is 6.07 Å². The highest BCUT2D eigenvalue weighted by Gasteiger charge is 2.02. The molecule has 2 heterocycles. The van der Waals surface area contributed by atoms with E-state index in [0.29, 0.717) is 17.6 Å². The number of aromatic amines is 1. The Hall–Kier alpha value is -1.37. The van der Waals surface area contributed by atoms with Crippen molar-refractivity contribution in [2.75, 3.05) is 0 Å². The zero-order valence-corrected chi connectivity index (χ0v) is 8.69. The highest BCUT2D eigenvalue weighted by Crippen LogP contribution is 2.14. The number of H-pyrrole nitrogens is 1. The molecule has 0 saturated carbocycles. The summed E-state index contributed by atoms with van der Waals surface area (Å²) in [5.41, 5.74) is -0.310. The van der Waals surface area contributed by atoms with Gasteiger partial charge in [0.1, 0.15) is 5.76 Å². The Labute approximate surface area is 87.0 Å². The molecule has 6 nitrogen and oxygen atoms in total. The number of hydrogen-bond donors (Lipinski definition) is 1. The number of rotatable bonds is 3. The minimum absolute atomic E-state index is 0.310. The highest BCUT2D eigenvalue weighted by molar-refractivity contribution is 9.10. The number of tetrazole rings is 1. The number of nitrogens with zero attached hydrogens (tertiary/aromatic N) is 3. The molecule has 2 rings (SSSR count). The molecule has 14 heavy (non-hydrogen) atoms. The molecule has 2 aromatic rings. The fourth-order valence-electron chi connectivity index (χ4n) is 1.07. The molecule has 0 aliphatic heterocycles. The van der Waals surface area contributed by atoms with Crippen LogP contribution < -0.4 is 5.69 Å². The van der Waals surface area contributed by atoms with Crippen LogP contribution in [0.5, 0.6) is 0 Å². The average Bonchev–Trinajstić information content (AvgIpc) is 2.72. The summed E-state index contributed by atoms with van der Waals surface area (Å²) in [7, 11) is 0. The second-order valence-corrected chi connectivity index (χ2v) is 3.47. The van der Waals surface area contributed by atoms with E-state index in [9.17, 15) is 4.79 Å². The van der Waals surface area contributed by atoms with Crippen molar-refractivity contribution in [2.45, 2.75) is 13.0 Å². The second kappa shape index (κ2) is 3.79. The lowest BCUT2D eigenvalue weighted by atomic mass is 10.3. The standard InChI is InChI=1S/C7H7BrN4O2/c8-6-2-1-5(14-6)3-4-12-7(13)9-10-11-12/h1-2H,3-4H2,(H,9,11,13). The first-order chi connectivity index (χ1) is 6.75. The minimum Gasteiger partial charge on any atom is -0.454 e. The topological polar surface area (TPSA) is 76.7 Å². The first-order valence-electron chi connectivity index (χ1n) is 3.98. The van der Waals surface area contributed by atoms with Crippen LogP contribution in [0.15, 0.2) is 26.0 Å². The quantitative estimate of drug-likeness (QED) is 0.873. The maximum Gasteiger partial charge on any atom is 0.361 e. The third-order valence-corrected chi connectivity index (χ3v) is 2.16. The molecule has 2 aromatic heterocycles. The molecule has 0 aliphatic rings. The van der Waals surface area contributed by atoms with Crippen molar-refractivity contribution in [3.63, 3.8) is 0 Å². The van der Waals surface area contributed by atoms with Crippen molar-refractivity contribution in [3.05, 3.63) is 33.0 Å². The Morgan fingerprint density at radius 1 is 1.57 bits per heavy atom. The number of nitrogens with one attached hydrogen (secondary N) is 1. The van der Waals surface area contributed by atoms with Gasteiger partial charge in [-0.1, -0.05) is 0 Å². The Morgan fingerprint density at radius 2 is 2.43 bits per heavy atom. The molecule has 7 heteroatoms. The maximum atomic E-state index is 11.0. The van der Waals surface area contributed by atoms with Gasteiger partial charge in [0.25, 0.3) is 0 Å². The van der Waals surface area contributed by atoms with Crippen LogP contribution in [-0.4, -0.2) is 20.2 Å². The maximum absolute atomic E-state index is 11.0. The van der Waals surface area contributed by atoms with Gasteiger partial charge in [-0.15, -0.1) is 0 Å². The number of aryl methyl sites for hydroxylation is 2. The van der Waals surface area contributed by atoms with Gasteiger partial charge in [-0.3, -0.25) is 0 Å². The zero-order chi connectivity index (χ0) is 9.97. The molecule has 0 aliphatic carbocycles. The van der Waals surface area contributed by atoms with Crippen molar-refractivity contribution in [1.29, 1.82) is 0 Å². The molecule has 0 fully saturated rings. The van der Waals surface area contributed by atoms with E-state index < -0.39 is 0 Å². The van der Waals surface area contributed by atoms with Gasteiger partial charge in [0, 0.05) is 6.42 Å². The largest absolute Gasteiger partial charge is 0.454 e. The van der Waals surface area contributed by atoms with Gasteiger partial charge in [-0.25, -0.2) is 9.89 Å². The summed E-state index contributed by atoms with van der Waals surface area (Å²) in [4.78, 5) is 11.0. The van der Waals surface area contributed by atoms with Crippen molar-refractivity contribution < 1.29 is 4.42 Å². The molecule has 0 radical (unpaired) electrons. The molecule has 74 valence electrons. The lowest BCUT2D eigenvalue weighted by Crippen LogP contribution is -2.19. The van der Waals surface area contributed by atoms with Gasteiger partial charge in [0.15, 0.2) is 4.67 Å². The van der Waals surface area contributed by atoms with Crippen LogP contribution in [0.4, 0.5) is 0 Å². The van der Waals surface area contributed by atoms with Crippen LogP contribution in [0.1, 0.15) is 5.76 Å². The van der Waals surface area contributed by atoms with Gasteiger partial charge < -0.3 is 4.42 Å². The van der Waals surface area contributed by atoms with Crippen molar-refractivity contribution in [1.82, 2.24) is 20.2 Å². The Balaban J connectivity index is 2.01. The summed E-state index contributed by atoms with van der Waals surface area (Å²) in [6, 6.07) is 3.65. The van der Waals surface area contributed by atoms with Crippen molar-refractivity contribution in [3.8, 4) is 0 Å². The van der Waals surface area contributed by atoms with Gasteiger partial charge >= 0.3 is 5.69 Å². The fraction of sp³-hybridized carbons (Fsp3) is 0.286. The molecular weight excluding hydrogens is 252 g/mol. The predicted molar refractivity (Wildman–Crippen MR) is 50.8 cm³/mol. The third-order valence-electron chi connectivity index (χ3n) is 1.73. The van der Waals surface area contributed by atoms with E-state index in [2.05, 4.69) is 31.5 Å². The van der Waals surface area contributed by atoms with Crippen LogP contribution in [-0.2, 0) is 13.0 Å². The van der Waals surface area contributed by atoms with Crippen LogP contribution >= 0.6 is 15.9 Å². The molecule has 0 aromatic carbocycles. The first-order valence-corrected chi connectivity index (χ1v) is 4.77. The van der Waals surface area contributed by atoms with Gasteiger partial charge in [-0.2, -0.15) is 4.68 Å². The third kappa shape index (κ3) is 1.92. The monoisotopic (exact) mass is 258 g/mol. The van der Waals surface area contributed by atoms with Crippen LogP contribution in [0, 0.1) is 0 Å². The number of furan rings is 1. The molecule has 1 N–H and O–H groups in total. The van der Waals surface area contributed by atoms with E-state index in [-0.39, 0.29) is 5.69 Å². The Morgan fingerprint density at radius 3 is 3.00 bits per heavy atom. The normalized spacial score (nSPS) is 10.6.